The third-order valence-corrected chi connectivity index (χ3v) is 6.34. The third-order valence-electron chi connectivity index (χ3n) is 5.19. The molecule has 0 aliphatic carbocycles. The van der Waals surface area contributed by atoms with E-state index in [1.165, 1.54) is 26.4 Å². The van der Waals surface area contributed by atoms with Crippen LogP contribution in [0.5, 0.6) is 23.0 Å². The van der Waals surface area contributed by atoms with E-state index in [1.807, 2.05) is 28.7 Å². The Morgan fingerprint density at radius 2 is 1.76 bits per heavy atom. The highest BCUT2D eigenvalue weighted by atomic mass is 127. The summed E-state index contributed by atoms with van der Waals surface area (Å²) in [5.41, 5.74) is 0.832. The van der Waals surface area contributed by atoms with Gasteiger partial charge in [0.25, 0.3) is 11.6 Å². The minimum Gasteiger partial charge on any atom is -0.493 e. The van der Waals surface area contributed by atoms with Crippen molar-refractivity contribution in [3.05, 3.63) is 86.1 Å². The summed E-state index contributed by atoms with van der Waals surface area (Å²) in [7, 11) is 3.04. The SMILES string of the molecule is COc1cc2nccc(Oc3ccc(NC(=S)NC(=O)c4ccccc4I)c([N+](=O)[O-])c3)c2cc1OC. The van der Waals surface area contributed by atoms with E-state index in [-0.39, 0.29) is 22.2 Å². The van der Waals surface area contributed by atoms with E-state index in [0.29, 0.717) is 33.7 Å². The number of hydrogen-bond donors (Lipinski definition) is 2. The van der Waals surface area contributed by atoms with Gasteiger partial charge in [-0.15, -0.1) is 0 Å². The Morgan fingerprint density at radius 3 is 2.46 bits per heavy atom. The molecule has 12 heteroatoms. The first-order chi connectivity index (χ1) is 17.8. The second-order valence-electron chi connectivity index (χ2n) is 7.46. The largest absolute Gasteiger partial charge is 0.493 e. The Bertz CT molecular complexity index is 1530. The van der Waals surface area contributed by atoms with Crippen LogP contribution in [0, 0.1) is 13.7 Å². The Morgan fingerprint density at radius 1 is 1.03 bits per heavy atom. The first-order valence-corrected chi connectivity index (χ1v) is 12.1. The van der Waals surface area contributed by atoms with Gasteiger partial charge in [0, 0.05) is 21.2 Å². The Hall–Kier alpha value is -4.04. The molecule has 2 N–H and O–H groups in total. The highest BCUT2D eigenvalue weighted by Crippen LogP contribution is 2.38. The van der Waals surface area contributed by atoms with E-state index in [4.69, 9.17) is 26.4 Å². The lowest BCUT2D eigenvalue weighted by Crippen LogP contribution is -2.34. The number of thiocarbonyl (C=S) groups is 1. The number of anilines is 1. The maximum atomic E-state index is 12.5. The number of carbonyl (C=O) groups excluding carboxylic acids is 1. The minimum atomic E-state index is -0.571. The number of nitrogens with one attached hydrogen (secondary N) is 2. The first kappa shape index (κ1) is 26.0. The van der Waals surface area contributed by atoms with Gasteiger partial charge >= 0.3 is 0 Å². The molecule has 0 fully saturated rings. The van der Waals surface area contributed by atoms with E-state index in [9.17, 15) is 14.9 Å². The molecule has 0 saturated carbocycles. The quantitative estimate of drug-likeness (QED) is 0.115. The monoisotopic (exact) mass is 630 g/mol. The fourth-order valence-corrected chi connectivity index (χ4v) is 4.30. The summed E-state index contributed by atoms with van der Waals surface area (Å²) in [5, 5.41) is 17.6. The molecule has 0 unspecified atom stereocenters. The number of halogens is 1. The summed E-state index contributed by atoms with van der Waals surface area (Å²) in [6.45, 7) is 0. The number of rotatable bonds is 7. The Balaban J connectivity index is 1.57. The summed E-state index contributed by atoms with van der Waals surface area (Å²) >= 11 is 7.25. The zero-order valence-corrected chi connectivity index (χ0v) is 22.5. The van der Waals surface area contributed by atoms with Crippen molar-refractivity contribution in [1.29, 1.82) is 0 Å². The smallest absolute Gasteiger partial charge is 0.296 e. The van der Waals surface area contributed by atoms with Crippen LogP contribution in [0.25, 0.3) is 10.9 Å². The summed E-state index contributed by atoms with van der Waals surface area (Å²) in [6.07, 6.45) is 1.56. The molecule has 1 heterocycles. The van der Waals surface area contributed by atoms with Gasteiger partial charge in [-0.25, -0.2) is 0 Å². The minimum absolute atomic E-state index is 0.0809. The number of carbonyl (C=O) groups is 1. The lowest BCUT2D eigenvalue weighted by Gasteiger charge is -2.13. The molecular weight excluding hydrogens is 611 g/mol. The second kappa shape index (κ2) is 11.3. The summed E-state index contributed by atoms with van der Waals surface area (Å²) in [5.74, 6) is 1.20. The topological polar surface area (TPSA) is 125 Å². The molecule has 1 aromatic heterocycles. The molecular formula is C25H19IN4O6S. The number of aromatic nitrogens is 1. The highest BCUT2D eigenvalue weighted by molar-refractivity contribution is 14.1. The number of methoxy groups -OCH3 is 2. The van der Waals surface area contributed by atoms with Crippen LogP contribution in [0.2, 0.25) is 0 Å². The van der Waals surface area contributed by atoms with Gasteiger partial charge in [0.05, 0.1) is 36.3 Å². The molecule has 3 aromatic carbocycles. The fourth-order valence-electron chi connectivity index (χ4n) is 3.46. The number of pyridine rings is 1. The predicted molar refractivity (Wildman–Crippen MR) is 151 cm³/mol. The van der Waals surface area contributed by atoms with Crippen molar-refractivity contribution < 1.29 is 23.9 Å². The zero-order valence-electron chi connectivity index (χ0n) is 19.5. The van der Waals surface area contributed by atoms with Gasteiger partial charge < -0.3 is 19.5 Å². The third kappa shape index (κ3) is 5.86. The van der Waals surface area contributed by atoms with Gasteiger partial charge in [0.2, 0.25) is 0 Å². The first-order valence-electron chi connectivity index (χ1n) is 10.6. The fraction of sp³-hybridized carbons (Fsp3) is 0.0800. The van der Waals surface area contributed by atoms with E-state index in [0.717, 1.165) is 3.57 Å². The number of ether oxygens (including phenoxy) is 3. The van der Waals surface area contributed by atoms with Crippen LogP contribution >= 0.6 is 34.8 Å². The van der Waals surface area contributed by atoms with Gasteiger partial charge in [-0.3, -0.25) is 25.2 Å². The number of fused-ring (bicyclic) bond motifs is 1. The molecule has 0 radical (unpaired) electrons. The molecule has 0 bridgehead atoms. The molecule has 4 aromatic rings. The van der Waals surface area contributed by atoms with Crippen LogP contribution in [0.15, 0.2) is 66.9 Å². The lowest BCUT2D eigenvalue weighted by molar-refractivity contribution is -0.384. The van der Waals surface area contributed by atoms with Crippen LogP contribution < -0.4 is 24.8 Å². The number of amides is 1. The Labute approximate surface area is 230 Å². The summed E-state index contributed by atoms with van der Waals surface area (Å²) in [4.78, 5) is 28.1. The predicted octanol–water partition coefficient (Wildman–Crippen LogP) is 5.68. The lowest BCUT2D eigenvalue weighted by atomic mass is 10.1. The van der Waals surface area contributed by atoms with Gasteiger partial charge in [0.1, 0.15) is 17.2 Å². The van der Waals surface area contributed by atoms with E-state index in [1.54, 1.807) is 48.7 Å². The van der Waals surface area contributed by atoms with E-state index < -0.39 is 10.8 Å². The number of nitro benzene ring substituents is 1. The van der Waals surface area contributed by atoms with Gasteiger partial charge in [-0.1, -0.05) is 12.1 Å². The van der Waals surface area contributed by atoms with Crippen molar-refractivity contribution in [1.82, 2.24) is 10.3 Å². The van der Waals surface area contributed by atoms with Crippen LogP contribution in [-0.2, 0) is 0 Å². The molecule has 37 heavy (non-hydrogen) atoms. The van der Waals surface area contributed by atoms with Crippen LogP contribution in [-0.4, -0.2) is 35.1 Å². The molecule has 0 saturated heterocycles. The van der Waals surface area contributed by atoms with Crippen molar-refractivity contribution in [2.75, 3.05) is 19.5 Å². The van der Waals surface area contributed by atoms with Crippen molar-refractivity contribution in [3.8, 4) is 23.0 Å². The number of hydrogen-bond acceptors (Lipinski definition) is 8. The molecule has 1 amide bonds. The molecule has 0 atom stereocenters. The van der Waals surface area contributed by atoms with Crippen molar-refractivity contribution in [2.45, 2.75) is 0 Å². The average Bonchev–Trinajstić information content (AvgIpc) is 2.88. The number of nitrogens with zero attached hydrogens (tertiary/aromatic N) is 2. The van der Waals surface area contributed by atoms with Crippen molar-refractivity contribution in [3.63, 3.8) is 0 Å². The molecule has 0 spiro atoms. The number of nitro groups is 1. The Kier molecular flexibility index (Phi) is 7.98. The average molecular weight is 630 g/mol. The van der Waals surface area contributed by atoms with E-state index in [2.05, 4.69) is 15.6 Å². The molecule has 10 nitrogen and oxygen atoms in total. The number of benzene rings is 3. The molecule has 4 rings (SSSR count). The molecule has 0 aliphatic heterocycles. The van der Waals surface area contributed by atoms with E-state index >= 15 is 0 Å². The zero-order chi connectivity index (χ0) is 26.5. The molecule has 0 aliphatic rings. The highest BCUT2D eigenvalue weighted by Gasteiger charge is 2.19. The van der Waals surface area contributed by atoms with Gasteiger partial charge in [-0.05, 0) is 71.2 Å². The van der Waals surface area contributed by atoms with Crippen LogP contribution in [0.1, 0.15) is 10.4 Å². The van der Waals surface area contributed by atoms with Crippen molar-refractivity contribution >= 4 is 68.1 Å². The van der Waals surface area contributed by atoms with Crippen LogP contribution in [0.3, 0.4) is 0 Å². The van der Waals surface area contributed by atoms with Crippen molar-refractivity contribution in [2.24, 2.45) is 0 Å². The summed E-state index contributed by atoms with van der Waals surface area (Å²) in [6, 6.07) is 16.3. The van der Waals surface area contributed by atoms with Gasteiger partial charge in [-0.2, -0.15) is 0 Å². The standard InChI is InChI=1S/C25H19IN4O6S/c1-34-22-12-16-19(13-23(22)35-2)27-10-9-21(16)36-14-7-8-18(20(11-14)30(32)33)28-25(37)29-24(31)15-5-3-4-6-17(15)26/h3-13H,1-2H3,(H2,28,29,31,37). The molecule has 188 valence electrons. The maximum absolute atomic E-state index is 12.5. The van der Waals surface area contributed by atoms with Crippen LogP contribution in [0.4, 0.5) is 11.4 Å². The normalized spacial score (nSPS) is 10.5. The summed E-state index contributed by atoms with van der Waals surface area (Å²) < 4.78 is 17.4. The second-order valence-corrected chi connectivity index (χ2v) is 9.03. The maximum Gasteiger partial charge on any atom is 0.296 e. The van der Waals surface area contributed by atoms with Gasteiger partial charge in [0.15, 0.2) is 16.6 Å².